The Labute approximate surface area is 195 Å². The van der Waals surface area contributed by atoms with Crippen molar-refractivity contribution in [1.82, 2.24) is 10.6 Å². The number of alkyl carbamates (subject to hydrolysis) is 1. The molecule has 0 heterocycles. The fourth-order valence-corrected chi connectivity index (χ4v) is 3.78. The van der Waals surface area contributed by atoms with Gasteiger partial charge >= 0.3 is 12.1 Å². The number of amides is 2. The second-order valence-corrected chi connectivity index (χ2v) is 9.39. The van der Waals surface area contributed by atoms with Gasteiger partial charge in [0.15, 0.2) is 12.4 Å². The third kappa shape index (κ3) is 8.86. The molecule has 0 aliphatic heterocycles. The highest BCUT2D eigenvalue weighted by Gasteiger charge is 2.37. The summed E-state index contributed by atoms with van der Waals surface area (Å²) in [4.78, 5) is 50.0. The Balaban J connectivity index is 1.93. The third-order valence-electron chi connectivity index (χ3n) is 5.44. The summed E-state index contributed by atoms with van der Waals surface area (Å²) < 4.78 is 10.6. The molecule has 3 atom stereocenters. The molecule has 1 aliphatic rings. The van der Waals surface area contributed by atoms with Gasteiger partial charge in [0.1, 0.15) is 11.6 Å². The first-order valence-electron chi connectivity index (χ1n) is 11.7. The number of rotatable bonds is 10. The lowest BCUT2D eigenvalue weighted by molar-refractivity contribution is -0.148. The van der Waals surface area contributed by atoms with Crippen LogP contribution in [0, 0.1) is 5.92 Å². The molecule has 8 nitrogen and oxygen atoms in total. The number of nitrogens with one attached hydrogen (secondary N) is 2. The molecule has 0 saturated heterocycles. The van der Waals surface area contributed by atoms with Crippen LogP contribution in [0.1, 0.15) is 76.6 Å². The zero-order valence-corrected chi connectivity index (χ0v) is 20.0. The van der Waals surface area contributed by atoms with Gasteiger partial charge in [-0.25, -0.2) is 4.79 Å². The number of ether oxygens (including phenoxy) is 2. The van der Waals surface area contributed by atoms with Crippen molar-refractivity contribution < 1.29 is 28.7 Å². The van der Waals surface area contributed by atoms with Gasteiger partial charge in [0, 0.05) is 11.6 Å². The summed E-state index contributed by atoms with van der Waals surface area (Å²) in [5, 5.41) is 5.56. The van der Waals surface area contributed by atoms with Crippen LogP contribution in [0.5, 0.6) is 0 Å². The van der Waals surface area contributed by atoms with Gasteiger partial charge in [-0.2, -0.15) is 0 Å². The maximum Gasteiger partial charge on any atom is 0.408 e. The van der Waals surface area contributed by atoms with Crippen molar-refractivity contribution in [1.29, 1.82) is 0 Å². The minimum Gasteiger partial charge on any atom is -0.457 e. The number of ketones is 1. The largest absolute Gasteiger partial charge is 0.457 e. The first kappa shape index (κ1) is 26.4. The molecule has 1 aliphatic carbocycles. The Morgan fingerprint density at radius 3 is 2.42 bits per heavy atom. The van der Waals surface area contributed by atoms with E-state index in [-0.39, 0.29) is 18.3 Å². The number of esters is 1. The molecule has 1 fully saturated rings. The first-order chi connectivity index (χ1) is 15.6. The minimum atomic E-state index is -0.753. The van der Waals surface area contributed by atoms with Gasteiger partial charge in [-0.15, -0.1) is 0 Å². The summed E-state index contributed by atoms with van der Waals surface area (Å²) >= 11 is 0. The molecule has 2 amide bonds. The third-order valence-corrected chi connectivity index (χ3v) is 5.44. The standard InChI is InChI=1S/C25H36N2O6/c1-5-6-14-20(27-24(31)33-25(2,3)4)22(29)26-19-15-10-13-18(19)23(30)32-16-21(28)17-11-8-7-9-12-17/h7-9,11-12,18-20H,5-6,10,13-16H2,1-4H3,(H,26,29)(H,27,31)/t18-,19+,20-/m1/s1. The second-order valence-electron chi connectivity index (χ2n) is 9.39. The molecule has 182 valence electrons. The zero-order valence-electron chi connectivity index (χ0n) is 20.0. The molecule has 33 heavy (non-hydrogen) atoms. The maximum atomic E-state index is 12.9. The summed E-state index contributed by atoms with van der Waals surface area (Å²) in [7, 11) is 0. The Bertz CT molecular complexity index is 818. The summed E-state index contributed by atoms with van der Waals surface area (Å²) in [6.45, 7) is 6.93. The normalized spacial score (nSPS) is 18.8. The number of hydrogen-bond donors (Lipinski definition) is 2. The molecule has 0 radical (unpaired) electrons. The average molecular weight is 461 g/mol. The zero-order chi connectivity index (χ0) is 24.4. The molecule has 1 aromatic rings. The van der Waals surface area contributed by atoms with E-state index in [1.807, 2.05) is 6.92 Å². The molecular formula is C25H36N2O6. The molecular weight excluding hydrogens is 424 g/mol. The summed E-state index contributed by atoms with van der Waals surface area (Å²) in [6, 6.07) is 7.49. The molecule has 0 spiro atoms. The number of Topliss-reactive ketones (excluding diaryl/α,β-unsaturated/α-hetero) is 1. The summed E-state index contributed by atoms with van der Waals surface area (Å²) in [5.74, 6) is -1.64. The highest BCUT2D eigenvalue weighted by atomic mass is 16.6. The Morgan fingerprint density at radius 1 is 1.09 bits per heavy atom. The monoisotopic (exact) mass is 460 g/mol. The van der Waals surface area contributed by atoms with Crippen LogP contribution in [0.25, 0.3) is 0 Å². The molecule has 1 aromatic carbocycles. The molecule has 8 heteroatoms. The number of carbonyl (C=O) groups excluding carboxylic acids is 4. The van der Waals surface area contributed by atoms with E-state index >= 15 is 0 Å². The fourth-order valence-electron chi connectivity index (χ4n) is 3.78. The summed E-state index contributed by atoms with van der Waals surface area (Å²) in [6.07, 6.45) is 3.40. The van der Waals surface area contributed by atoms with E-state index in [4.69, 9.17) is 9.47 Å². The molecule has 0 bridgehead atoms. The SMILES string of the molecule is CCCC[C@@H](NC(=O)OC(C)(C)C)C(=O)N[C@H]1CCC[C@H]1C(=O)OCC(=O)c1ccccc1. The van der Waals surface area contributed by atoms with E-state index in [1.54, 1.807) is 51.1 Å². The highest BCUT2D eigenvalue weighted by Crippen LogP contribution is 2.27. The predicted octanol–water partition coefficient (Wildman–Crippen LogP) is 3.78. The topological polar surface area (TPSA) is 111 Å². The Hall–Kier alpha value is -2.90. The molecule has 0 unspecified atom stereocenters. The van der Waals surface area contributed by atoms with Crippen LogP contribution < -0.4 is 10.6 Å². The van der Waals surface area contributed by atoms with Crippen molar-refractivity contribution in [2.75, 3.05) is 6.61 Å². The van der Waals surface area contributed by atoms with Crippen molar-refractivity contribution >= 4 is 23.8 Å². The lowest BCUT2D eigenvalue weighted by atomic mass is 10.0. The number of benzene rings is 1. The van der Waals surface area contributed by atoms with Crippen LogP contribution in [0.15, 0.2) is 30.3 Å². The maximum absolute atomic E-state index is 12.9. The second kappa shape index (κ2) is 12.4. The van der Waals surface area contributed by atoms with Crippen LogP contribution in [0.4, 0.5) is 4.79 Å². The molecule has 2 rings (SSSR count). The van der Waals surface area contributed by atoms with Gasteiger partial charge < -0.3 is 20.1 Å². The van der Waals surface area contributed by atoms with E-state index in [1.165, 1.54) is 0 Å². The minimum absolute atomic E-state index is 0.274. The quantitative estimate of drug-likeness (QED) is 0.406. The number of hydrogen-bond acceptors (Lipinski definition) is 6. The lowest BCUT2D eigenvalue weighted by Gasteiger charge is -2.25. The van der Waals surface area contributed by atoms with Gasteiger partial charge in [0.2, 0.25) is 5.91 Å². The van der Waals surface area contributed by atoms with Crippen LogP contribution in [0.2, 0.25) is 0 Å². The van der Waals surface area contributed by atoms with Gasteiger partial charge in [0.25, 0.3) is 0 Å². The molecule has 2 N–H and O–H groups in total. The van der Waals surface area contributed by atoms with Crippen LogP contribution >= 0.6 is 0 Å². The number of unbranched alkanes of at least 4 members (excludes halogenated alkanes) is 1. The van der Waals surface area contributed by atoms with Crippen molar-refractivity contribution in [2.45, 2.75) is 83.9 Å². The fraction of sp³-hybridized carbons (Fsp3) is 0.600. The summed E-state index contributed by atoms with van der Waals surface area (Å²) in [5.41, 5.74) is -0.193. The van der Waals surface area contributed by atoms with E-state index in [0.29, 0.717) is 24.8 Å². The highest BCUT2D eigenvalue weighted by molar-refractivity contribution is 5.98. The van der Waals surface area contributed by atoms with Gasteiger partial charge in [-0.05, 0) is 40.0 Å². The Morgan fingerprint density at radius 2 is 1.79 bits per heavy atom. The first-order valence-corrected chi connectivity index (χ1v) is 11.7. The van der Waals surface area contributed by atoms with Crippen molar-refractivity contribution in [3.63, 3.8) is 0 Å². The number of carbonyl (C=O) groups is 4. The van der Waals surface area contributed by atoms with Crippen molar-refractivity contribution in [3.8, 4) is 0 Å². The predicted molar refractivity (Wildman–Crippen MR) is 124 cm³/mol. The van der Waals surface area contributed by atoms with E-state index < -0.39 is 35.7 Å². The van der Waals surface area contributed by atoms with Gasteiger partial charge in [-0.3, -0.25) is 14.4 Å². The van der Waals surface area contributed by atoms with E-state index in [0.717, 1.165) is 19.3 Å². The van der Waals surface area contributed by atoms with Crippen molar-refractivity contribution in [2.24, 2.45) is 5.92 Å². The van der Waals surface area contributed by atoms with Crippen LogP contribution in [0.3, 0.4) is 0 Å². The lowest BCUT2D eigenvalue weighted by Crippen LogP contribution is -2.52. The van der Waals surface area contributed by atoms with Gasteiger partial charge in [0.05, 0.1) is 5.92 Å². The molecule has 1 saturated carbocycles. The average Bonchev–Trinajstić information content (AvgIpc) is 3.22. The molecule has 0 aromatic heterocycles. The van der Waals surface area contributed by atoms with Crippen LogP contribution in [-0.2, 0) is 19.1 Å². The van der Waals surface area contributed by atoms with Crippen LogP contribution in [-0.4, -0.2) is 48.0 Å². The van der Waals surface area contributed by atoms with Gasteiger partial charge in [-0.1, -0.05) is 56.5 Å². The Kier molecular flexibility index (Phi) is 9.88. The van der Waals surface area contributed by atoms with E-state index in [2.05, 4.69) is 10.6 Å². The van der Waals surface area contributed by atoms with Crippen molar-refractivity contribution in [3.05, 3.63) is 35.9 Å². The van der Waals surface area contributed by atoms with E-state index in [9.17, 15) is 19.2 Å². The smallest absolute Gasteiger partial charge is 0.408 e.